The van der Waals surface area contributed by atoms with Crippen molar-refractivity contribution in [1.82, 2.24) is 10.2 Å². The molecule has 0 radical (unpaired) electrons. The van der Waals surface area contributed by atoms with Crippen LogP contribution in [-0.2, 0) is 0 Å². The van der Waals surface area contributed by atoms with E-state index in [4.69, 9.17) is 0 Å². The summed E-state index contributed by atoms with van der Waals surface area (Å²) in [6, 6.07) is 7.74. The first-order valence-corrected chi connectivity index (χ1v) is 6.38. The minimum atomic E-state index is 0.441. The van der Waals surface area contributed by atoms with Gasteiger partial charge in [0.25, 0.3) is 0 Å². The van der Waals surface area contributed by atoms with E-state index in [9.17, 15) is 0 Å². The number of aryl methyl sites for hydroxylation is 2. The second kappa shape index (κ2) is 6.18. The summed E-state index contributed by atoms with van der Waals surface area (Å²) in [5, 5.41) is 3.52. The van der Waals surface area contributed by atoms with Gasteiger partial charge in [-0.2, -0.15) is 0 Å². The van der Waals surface area contributed by atoms with Gasteiger partial charge in [-0.3, -0.25) is 0 Å². The maximum absolute atomic E-state index is 3.52. The maximum Gasteiger partial charge on any atom is 0.0467 e. The molecule has 1 N–H and O–H groups in total. The Labute approximate surface area is 106 Å². The van der Waals surface area contributed by atoms with E-state index in [2.05, 4.69) is 70.2 Å². The molecule has 96 valence electrons. The molecule has 0 fully saturated rings. The average molecular weight is 234 g/mol. The standard InChI is InChI=1S/C15H26N2/c1-11(2)16-10-15(17(5)6)14-8-7-12(3)13(4)9-14/h7-9,11,15-16H,10H2,1-6H3. The predicted octanol–water partition coefficient (Wildman–Crippen LogP) is 2.90. The fourth-order valence-corrected chi connectivity index (χ4v) is 1.92. The molecule has 1 aromatic carbocycles. The van der Waals surface area contributed by atoms with Gasteiger partial charge in [-0.25, -0.2) is 0 Å². The van der Waals surface area contributed by atoms with Crippen molar-refractivity contribution in [3.8, 4) is 0 Å². The number of nitrogens with zero attached hydrogens (tertiary/aromatic N) is 1. The third-order valence-corrected chi connectivity index (χ3v) is 3.26. The zero-order chi connectivity index (χ0) is 13.0. The Morgan fingerprint density at radius 3 is 2.24 bits per heavy atom. The molecule has 1 unspecified atom stereocenters. The lowest BCUT2D eigenvalue weighted by Crippen LogP contribution is -2.34. The first-order valence-electron chi connectivity index (χ1n) is 6.38. The lowest BCUT2D eigenvalue weighted by Gasteiger charge is -2.26. The first-order chi connectivity index (χ1) is 7.91. The van der Waals surface area contributed by atoms with Crippen LogP contribution in [0.1, 0.15) is 36.6 Å². The molecule has 0 aliphatic rings. The van der Waals surface area contributed by atoms with Crippen molar-refractivity contribution in [3.63, 3.8) is 0 Å². The van der Waals surface area contributed by atoms with Crippen LogP contribution in [0.15, 0.2) is 18.2 Å². The molecule has 0 bridgehead atoms. The van der Waals surface area contributed by atoms with E-state index < -0.39 is 0 Å². The quantitative estimate of drug-likeness (QED) is 0.842. The zero-order valence-corrected chi connectivity index (χ0v) is 12.0. The molecule has 0 amide bonds. The highest BCUT2D eigenvalue weighted by atomic mass is 15.1. The van der Waals surface area contributed by atoms with Crippen LogP contribution in [0.4, 0.5) is 0 Å². The Morgan fingerprint density at radius 2 is 1.76 bits per heavy atom. The number of likely N-dealkylation sites (N-methyl/N-ethyl adjacent to an activating group) is 1. The predicted molar refractivity (Wildman–Crippen MR) is 75.5 cm³/mol. The van der Waals surface area contributed by atoms with Crippen LogP contribution in [0, 0.1) is 13.8 Å². The largest absolute Gasteiger partial charge is 0.313 e. The van der Waals surface area contributed by atoms with Gasteiger partial charge in [0.2, 0.25) is 0 Å². The Hall–Kier alpha value is -0.860. The highest BCUT2D eigenvalue weighted by Crippen LogP contribution is 2.20. The van der Waals surface area contributed by atoms with Gasteiger partial charge in [-0.05, 0) is 44.6 Å². The van der Waals surface area contributed by atoms with Crippen molar-refractivity contribution >= 4 is 0 Å². The molecule has 17 heavy (non-hydrogen) atoms. The van der Waals surface area contributed by atoms with Crippen molar-refractivity contribution in [2.45, 2.75) is 39.8 Å². The van der Waals surface area contributed by atoms with Gasteiger partial charge in [0, 0.05) is 18.6 Å². The molecule has 2 nitrogen and oxygen atoms in total. The number of hydrogen-bond donors (Lipinski definition) is 1. The van der Waals surface area contributed by atoms with Gasteiger partial charge in [-0.1, -0.05) is 32.0 Å². The second-order valence-electron chi connectivity index (χ2n) is 5.39. The summed E-state index contributed by atoms with van der Waals surface area (Å²) in [5.41, 5.74) is 4.13. The van der Waals surface area contributed by atoms with Crippen molar-refractivity contribution in [3.05, 3.63) is 34.9 Å². The summed E-state index contributed by atoms with van der Waals surface area (Å²) < 4.78 is 0. The Bertz CT molecular complexity index is 356. The van der Waals surface area contributed by atoms with Crippen molar-refractivity contribution in [2.75, 3.05) is 20.6 Å². The average Bonchev–Trinajstić information content (AvgIpc) is 2.22. The van der Waals surface area contributed by atoms with Crippen LogP contribution in [0.25, 0.3) is 0 Å². The van der Waals surface area contributed by atoms with E-state index in [1.807, 2.05) is 0 Å². The minimum absolute atomic E-state index is 0.441. The van der Waals surface area contributed by atoms with E-state index in [0.717, 1.165) is 6.54 Å². The van der Waals surface area contributed by atoms with E-state index in [0.29, 0.717) is 12.1 Å². The molecule has 0 saturated carbocycles. The van der Waals surface area contributed by atoms with Crippen LogP contribution < -0.4 is 5.32 Å². The molecule has 0 aromatic heterocycles. The topological polar surface area (TPSA) is 15.3 Å². The zero-order valence-electron chi connectivity index (χ0n) is 12.0. The first kappa shape index (κ1) is 14.2. The lowest BCUT2D eigenvalue weighted by molar-refractivity contribution is 0.283. The minimum Gasteiger partial charge on any atom is -0.313 e. The highest BCUT2D eigenvalue weighted by molar-refractivity contribution is 5.31. The number of nitrogens with one attached hydrogen (secondary N) is 1. The second-order valence-corrected chi connectivity index (χ2v) is 5.39. The Morgan fingerprint density at radius 1 is 1.12 bits per heavy atom. The van der Waals surface area contributed by atoms with Crippen molar-refractivity contribution in [2.24, 2.45) is 0 Å². The third-order valence-electron chi connectivity index (χ3n) is 3.26. The third kappa shape index (κ3) is 4.14. The van der Waals surface area contributed by atoms with Gasteiger partial charge in [-0.15, -0.1) is 0 Å². The monoisotopic (exact) mass is 234 g/mol. The summed E-state index contributed by atoms with van der Waals surface area (Å²) in [7, 11) is 4.28. The van der Waals surface area contributed by atoms with Crippen LogP contribution in [0.3, 0.4) is 0 Å². The van der Waals surface area contributed by atoms with Gasteiger partial charge in [0.05, 0.1) is 0 Å². The number of hydrogen-bond acceptors (Lipinski definition) is 2. The molecule has 1 aromatic rings. The van der Waals surface area contributed by atoms with Crippen molar-refractivity contribution in [1.29, 1.82) is 0 Å². The lowest BCUT2D eigenvalue weighted by atomic mass is 10.00. The summed E-state index contributed by atoms with van der Waals surface area (Å²) in [6.07, 6.45) is 0. The number of benzene rings is 1. The van der Waals surface area contributed by atoms with E-state index in [1.54, 1.807) is 0 Å². The van der Waals surface area contributed by atoms with E-state index in [-0.39, 0.29) is 0 Å². The van der Waals surface area contributed by atoms with Gasteiger partial charge < -0.3 is 10.2 Å². The van der Waals surface area contributed by atoms with Crippen LogP contribution >= 0.6 is 0 Å². The molecule has 0 spiro atoms. The number of rotatable bonds is 5. The molecular weight excluding hydrogens is 208 g/mol. The molecular formula is C15H26N2. The van der Waals surface area contributed by atoms with Crippen molar-refractivity contribution < 1.29 is 0 Å². The molecule has 0 aliphatic carbocycles. The fraction of sp³-hybridized carbons (Fsp3) is 0.600. The Kier molecular flexibility index (Phi) is 5.16. The van der Waals surface area contributed by atoms with Gasteiger partial charge in [0.15, 0.2) is 0 Å². The summed E-state index contributed by atoms with van der Waals surface area (Å²) in [5.74, 6) is 0. The van der Waals surface area contributed by atoms with Crippen LogP contribution in [0.2, 0.25) is 0 Å². The SMILES string of the molecule is Cc1ccc(C(CNC(C)C)N(C)C)cc1C. The molecule has 0 aliphatic heterocycles. The molecule has 0 saturated heterocycles. The molecule has 1 atom stereocenters. The maximum atomic E-state index is 3.52. The van der Waals surface area contributed by atoms with Gasteiger partial charge >= 0.3 is 0 Å². The normalized spacial score (nSPS) is 13.4. The molecule has 2 heteroatoms. The summed E-state index contributed by atoms with van der Waals surface area (Å²) in [4.78, 5) is 2.28. The highest BCUT2D eigenvalue weighted by Gasteiger charge is 2.14. The Balaban J connectivity index is 2.85. The molecule has 0 heterocycles. The van der Waals surface area contributed by atoms with E-state index in [1.165, 1.54) is 16.7 Å². The smallest absolute Gasteiger partial charge is 0.0467 e. The van der Waals surface area contributed by atoms with Crippen LogP contribution in [-0.4, -0.2) is 31.6 Å². The van der Waals surface area contributed by atoms with E-state index >= 15 is 0 Å². The summed E-state index contributed by atoms with van der Waals surface area (Å²) in [6.45, 7) is 9.71. The summed E-state index contributed by atoms with van der Waals surface area (Å²) >= 11 is 0. The van der Waals surface area contributed by atoms with Crippen LogP contribution in [0.5, 0.6) is 0 Å². The van der Waals surface area contributed by atoms with Gasteiger partial charge in [0.1, 0.15) is 0 Å². The molecule has 1 rings (SSSR count). The fourth-order valence-electron chi connectivity index (χ4n) is 1.92.